The van der Waals surface area contributed by atoms with Crippen LogP contribution in [0, 0.1) is 44.9 Å². The predicted octanol–water partition coefficient (Wildman–Crippen LogP) is 8.31. The van der Waals surface area contributed by atoms with Gasteiger partial charge in [-0.05, 0) is 152 Å². The lowest BCUT2D eigenvalue weighted by Crippen LogP contribution is -2.49. The molecule has 19 N–H and O–H groups in total. The Morgan fingerprint density at radius 2 is 0.943 bits per heavy atom. The van der Waals surface area contributed by atoms with Gasteiger partial charge in [-0.25, -0.2) is 55.9 Å². The molecule has 646 valence electrons. The quantitative estimate of drug-likeness (QED) is 0.00470. The van der Waals surface area contributed by atoms with Crippen LogP contribution in [0.2, 0.25) is 0 Å². The van der Waals surface area contributed by atoms with Crippen LogP contribution in [0.5, 0.6) is 23.0 Å². The maximum Gasteiger partial charge on any atom is 0.353 e. The number of carboxylic acids is 6. The van der Waals surface area contributed by atoms with Gasteiger partial charge in [0.1, 0.15) is 60.6 Å². The molecule has 123 heavy (non-hydrogen) atoms. The highest BCUT2D eigenvalue weighted by molar-refractivity contribution is 7.15. The number of ether oxygens (including phenoxy) is 4. The summed E-state index contributed by atoms with van der Waals surface area (Å²) >= 11 is 4.48. The minimum atomic E-state index is -1.60. The largest absolute Gasteiger partial charge is 0.481 e. The molecule has 0 saturated carbocycles. The predicted molar refractivity (Wildman–Crippen MR) is 437 cm³/mol. The maximum absolute atomic E-state index is 14.3. The van der Waals surface area contributed by atoms with Crippen molar-refractivity contribution in [3.8, 4) is 23.0 Å². The molecule has 11 rings (SSSR count). The van der Waals surface area contributed by atoms with Gasteiger partial charge in [0, 0.05) is 94.2 Å². The fraction of sp³-hybridized carbons (Fsp3) is 0.215. The first-order chi connectivity index (χ1) is 58.1. The Morgan fingerprint density at radius 1 is 0.528 bits per heavy atom. The summed E-state index contributed by atoms with van der Waals surface area (Å²) in [5.74, 6) is -16.4. The van der Waals surface area contributed by atoms with Crippen molar-refractivity contribution in [3.05, 3.63) is 242 Å². The van der Waals surface area contributed by atoms with E-state index in [9.17, 15) is 80.2 Å². The second-order valence-corrected chi connectivity index (χ2v) is 31.1. The lowest BCUT2D eigenvalue weighted by Gasteiger charge is -2.32. The molecule has 36 nitrogen and oxygen atoms in total. The number of hydrogen-bond acceptors (Lipinski definition) is 26. The van der Waals surface area contributed by atoms with Gasteiger partial charge in [0.2, 0.25) is 5.91 Å². The lowest BCUT2D eigenvalue weighted by atomic mass is 10.1. The van der Waals surface area contributed by atoms with E-state index < -0.39 is 120 Å². The molecule has 0 spiro atoms. The van der Waals surface area contributed by atoms with Crippen molar-refractivity contribution in [3.63, 3.8) is 0 Å². The van der Waals surface area contributed by atoms with Gasteiger partial charge in [-0.1, -0.05) is 6.08 Å². The number of aromatic nitrogens is 1. The van der Waals surface area contributed by atoms with E-state index >= 15 is 0 Å². The first kappa shape index (κ1) is 94.1. The molecule has 7 heterocycles. The third kappa shape index (κ3) is 26.8. The number of thiophene rings is 4. The fourth-order valence-corrected chi connectivity index (χ4v) is 15.6. The Balaban J connectivity index is 0.000000206. The summed E-state index contributed by atoms with van der Waals surface area (Å²) in [5.41, 5.74) is 23.9. The molecule has 9 aromatic rings. The Hall–Kier alpha value is -14.3. The summed E-state index contributed by atoms with van der Waals surface area (Å²) in [5, 5.41) is 85.5. The Labute approximate surface area is 709 Å². The summed E-state index contributed by atoms with van der Waals surface area (Å²) in [7, 11) is 1.36. The summed E-state index contributed by atoms with van der Waals surface area (Å²) in [6, 6.07) is 23.3. The molecule has 0 saturated heterocycles. The maximum atomic E-state index is 14.3. The van der Waals surface area contributed by atoms with Gasteiger partial charge in [0.15, 0.2) is 46.3 Å². The van der Waals surface area contributed by atoms with Crippen LogP contribution in [-0.2, 0) is 67.8 Å². The van der Waals surface area contributed by atoms with Crippen LogP contribution < -0.4 is 47.2 Å². The number of benzene rings is 4. The van der Waals surface area contributed by atoms with Crippen molar-refractivity contribution in [2.75, 3.05) is 39.8 Å². The number of hydrogen-bond donors (Lipinski definition) is 15. The number of nitrogen functional groups attached to an aromatic ring is 4. The number of nitrogens with zero attached hydrogens (tertiary/aromatic N) is 5. The average Bonchev–Trinajstić information content (AvgIpc) is 1.67. The number of rotatable bonds is 32. The zero-order chi connectivity index (χ0) is 90.4. The van der Waals surface area contributed by atoms with E-state index in [1.54, 1.807) is 39.9 Å². The smallest absolute Gasteiger partial charge is 0.353 e. The van der Waals surface area contributed by atoms with Crippen LogP contribution in [0.1, 0.15) is 121 Å². The van der Waals surface area contributed by atoms with Crippen LogP contribution in [0.25, 0.3) is 0 Å². The van der Waals surface area contributed by atoms with E-state index in [0.717, 1.165) is 93.8 Å². The number of carbonyl (C=O) groups is 12. The molecule has 0 radical (unpaired) electrons. The molecule has 0 bridgehead atoms. The Kier molecular flexibility index (Phi) is 33.0. The molecule has 2 aliphatic rings. The number of amidine groups is 4. The molecular weight excluding hydrogens is 1700 g/mol. The van der Waals surface area contributed by atoms with Crippen molar-refractivity contribution in [1.29, 1.82) is 21.6 Å². The van der Waals surface area contributed by atoms with Crippen LogP contribution in [-0.4, -0.2) is 202 Å². The number of nitrogens with one attached hydrogen (secondary N) is 5. The zero-order valence-corrected chi connectivity index (χ0v) is 67.6. The van der Waals surface area contributed by atoms with E-state index in [-0.39, 0.29) is 128 Å². The van der Waals surface area contributed by atoms with E-state index in [0.29, 0.717) is 48.8 Å². The average molecular weight is 1780 g/mol. The fourth-order valence-electron chi connectivity index (χ4n) is 11.5. The summed E-state index contributed by atoms with van der Waals surface area (Å²) in [6.45, 7) is 5.51. The number of aromatic carboxylic acids is 1. The van der Waals surface area contributed by atoms with Gasteiger partial charge in [-0.15, -0.1) is 51.9 Å². The van der Waals surface area contributed by atoms with Gasteiger partial charge >= 0.3 is 65.7 Å². The molecule has 5 aromatic heterocycles. The van der Waals surface area contributed by atoms with Gasteiger partial charge in [-0.3, -0.25) is 50.6 Å². The highest BCUT2D eigenvalue weighted by Gasteiger charge is 2.33. The minimum absolute atomic E-state index is 0.00907. The molecule has 0 aliphatic carbocycles. The van der Waals surface area contributed by atoms with Crippen LogP contribution in [0.4, 0.5) is 22.4 Å². The van der Waals surface area contributed by atoms with Crippen LogP contribution in [0.15, 0.2) is 140 Å². The number of aliphatic carboxylic acids is 5. The third-order valence-electron chi connectivity index (χ3n) is 17.6. The van der Waals surface area contributed by atoms with Gasteiger partial charge < -0.3 is 92.2 Å². The Bertz CT molecular complexity index is 5630. The van der Waals surface area contributed by atoms with E-state index in [1.165, 1.54) is 97.3 Å². The number of carbonyl (C=O) groups excluding carboxylic acids is 6. The van der Waals surface area contributed by atoms with Crippen LogP contribution >= 0.6 is 45.3 Å². The highest BCUT2D eigenvalue weighted by Crippen LogP contribution is 2.34. The highest BCUT2D eigenvalue weighted by atomic mass is 32.1. The first-order valence-corrected chi connectivity index (χ1v) is 39.1. The summed E-state index contributed by atoms with van der Waals surface area (Å²) in [6.07, 6.45) is 2.77. The zero-order valence-electron chi connectivity index (χ0n) is 64.4. The number of nitrogens with two attached hydrogens (primary N) is 4. The molecule has 2 atom stereocenters. The number of fused-ring (bicyclic) bond motifs is 2. The van der Waals surface area contributed by atoms with E-state index in [2.05, 4.69) is 11.9 Å². The normalized spacial score (nSPS) is 12.4. The number of carboxylic acid groups (broad SMARTS) is 6. The topological polar surface area (TPSA) is 593 Å². The molecule has 2 aliphatic heterocycles. The SMILES string of the molecule is C=CCN(C(=O)CN1CCc2cc(C(=O)Oc3ccc(C(=N)N)cc3F)sc2C1)[C@@H](CCC(=O)O)C(=O)O.CN(Cc1ccc(C(=O)Oc2ccc(C(=N)N)cc2F)s1)C(=O)N[C@@H](CC(=O)O)C(=O)O.N=C(N)c1ccc(OC(=O)c2cc3c(s2)CN(CC(=O)O)CC3)c(F)c1.N=C(N)c1ccc(OC(=O)c2ccc(Cn3cccc3C(=O)O)s2)c(F)c1. The van der Waals surface area contributed by atoms with Crippen molar-refractivity contribution < 1.29 is 125 Å². The van der Waals surface area contributed by atoms with Gasteiger partial charge in [-0.2, -0.15) is 0 Å². The molecular formula is C79H76F4N14O22S4. The second kappa shape index (κ2) is 43.1. The van der Waals surface area contributed by atoms with Crippen LogP contribution in [0.3, 0.4) is 0 Å². The molecule has 0 fully saturated rings. The van der Waals surface area contributed by atoms with Crippen molar-refractivity contribution in [2.24, 2.45) is 22.9 Å². The van der Waals surface area contributed by atoms with Gasteiger partial charge in [0.05, 0.1) is 32.6 Å². The summed E-state index contributed by atoms with van der Waals surface area (Å²) < 4.78 is 78.2. The standard InChI is InChI=1S/C25H27FN4O7S.C19H19FN4O7S.C18H14FN3O4S.C17H16FN3O4S/c1-2-8-30(17(24(34)35)4-6-22(32)33)21(31)13-29-9-7-14-11-19(38-20(14)12-29)25(36)37-18-5-3-15(23(27)28)10-16(18)26;1-24(19(30)23-12(17(27)28)7-15(25)26)8-10-3-5-14(32-10)18(29)31-13-4-2-9(16(21)22)6-11(13)20;19-12-8-10(16(20)21)3-5-14(12)26-18(25)15-6-4-11(27-15)9-22-7-1-2-13(22)17(23)24;18-11-5-10(16(19)20)1-2-12(11)25-17(24)13-6-9-3-4-21(8-15(22)23)7-14(9)26-13/h2-3,5,10-11,17H,1,4,6-9,12-13H2,(H3,27,28)(H,32,33)(H,34,35);2-6,12H,7-8H2,1H3,(H3,21,22)(H,23,30)(H,25,26)(H,27,28);1-8H,9H2,(H3,20,21)(H,23,24);1-2,5-6H,3-4,7-8H2,(H3,19,20)(H,22,23)/t17-;12-;;/m00../s1. The van der Waals surface area contributed by atoms with Gasteiger partial charge in [0.25, 0.3) is 0 Å². The first-order valence-electron chi connectivity index (χ1n) is 35.9. The monoisotopic (exact) mass is 1780 g/mol. The number of esters is 4. The van der Waals surface area contributed by atoms with Crippen molar-refractivity contribution in [1.82, 2.24) is 29.5 Å². The number of amides is 3. The lowest BCUT2D eigenvalue weighted by molar-refractivity contribution is -0.151. The summed E-state index contributed by atoms with van der Waals surface area (Å²) in [4.78, 5) is 151. The second-order valence-electron chi connectivity index (χ2n) is 26.5. The number of halogens is 4. The molecule has 0 unspecified atom stereocenters. The van der Waals surface area contributed by atoms with Crippen molar-refractivity contribution in [2.45, 2.75) is 70.4 Å². The Morgan fingerprint density at radius 3 is 1.32 bits per heavy atom. The molecule has 3 amide bonds. The number of urea groups is 1. The molecule has 4 aromatic carbocycles. The molecule has 44 heteroatoms. The van der Waals surface area contributed by atoms with E-state index in [4.69, 9.17) is 89.1 Å². The van der Waals surface area contributed by atoms with E-state index in [1.807, 2.05) is 4.90 Å². The minimum Gasteiger partial charge on any atom is -0.481 e. The van der Waals surface area contributed by atoms with Crippen molar-refractivity contribution >= 4 is 140 Å². The third-order valence-corrected chi connectivity index (χ3v) is 22.0.